The quantitative estimate of drug-likeness (QED) is 0.390. The van der Waals surface area contributed by atoms with Crippen LogP contribution >= 0.6 is 0 Å². The van der Waals surface area contributed by atoms with Crippen LogP contribution in [0.1, 0.15) is 0 Å². The summed E-state index contributed by atoms with van der Waals surface area (Å²) in [6.45, 7) is -4.46. The number of halogens is 8. The summed E-state index contributed by atoms with van der Waals surface area (Å²) in [5.74, 6) is 0. The molecule has 0 radical (unpaired) electrons. The van der Waals surface area contributed by atoms with Gasteiger partial charge in [0.1, 0.15) is 6.01 Å². The van der Waals surface area contributed by atoms with E-state index >= 15 is 0 Å². The van der Waals surface area contributed by atoms with Crippen LogP contribution < -0.4 is 0 Å². The van der Waals surface area contributed by atoms with Gasteiger partial charge < -0.3 is 0 Å². The van der Waals surface area contributed by atoms with Crippen LogP contribution in [0.5, 0.6) is 0 Å². The highest BCUT2D eigenvalue weighted by Crippen LogP contribution is 2.14. The van der Waals surface area contributed by atoms with E-state index in [0.29, 0.717) is 0 Å². The number of aliphatic imine (C=N–C) groups is 2. The number of hydrogen-bond donors (Lipinski definition) is 0. The van der Waals surface area contributed by atoms with Gasteiger partial charge in [-0.1, -0.05) is 36.4 Å². The molecule has 0 aliphatic rings. The van der Waals surface area contributed by atoms with Gasteiger partial charge in [-0.25, -0.2) is 8.78 Å². The molecule has 10 heteroatoms. The van der Waals surface area contributed by atoms with Crippen molar-refractivity contribution in [1.29, 1.82) is 0 Å². The molecule has 0 fully saturated rings. The summed E-state index contributed by atoms with van der Waals surface area (Å²) in [7, 11) is 0. The van der Waals surface area contributed by atoms with Gasteiger partial charge in [0.15, 0.2) is 13.3 Å². The van der Waals surface area contributed by atoms with Crippen LogP contribution in [0, 0.1) is 0 Å². The highest BCUT2D eigenvalue weighted by molar-refractivity contribution is 5.57. The van der Waals surface area contributed by atoms with E-state index in [-0.39, 0.29) is 0 Å². The predicted octanol–water partition coefficient (Wildman–Crippen LogP) is 6.86. The number of para-hydroxylation sites is 2. The van der Waals surface area contributed by atoms with Crippen LogP contribution in [0.4, 0.5) is 46.5 Å². The van der Waals surface area contributed by atoms with Crippen LogP contribution in [-0.2, 0) is 0 Å². The third-order valence-electron chi connectivity index (χ3n) is 2.17. The first kappa shape index (κ1) is 24.3. The molecule has 0 spiro atoms. The minimum absolute atomic E-state index is 0.859. The Labute approximate surface area is 149 Å². The first-order valence-electron chi connectivity index (χ1n) is 7.09. The van der Waals surface area contributed by atoms with E-state index in [1.807, 2.05) is 60.7 Å². The van der Waals surface area contributed by atoms with Crippen molar-refractivity contribution in [1.82, 2.24) is 0 Å². The van der Waals surface area contributed by atoms with Crippen LogP contribution in [0.15, 0.2) is 70.6 Å². The molecule has 0 aliphatic carbocycles. The Morgan fingerprint density at radius 2 is 0.852 bits per heavy atom. The third-order valence-corrected chi connectivity index (χ3v) is 2.17. The molecule has 2 nitrogen and oxygen atoms in total. The Morgan fingerprint density at radius 1 is 0.593 bits per heavy atom. The second-order valence-electron chi connectivity index (χ2n) is 4.49. The number of hydrogen-bond acceptors (Lipinski definition) is 2. The molecule has 0 N–H and O–H groups in total. The largest absolute Gasteiger partial charge is 0.416 e. The average molecular weight is 398 g/mol. The standard InChI is InChI=1S/C13H10N2.2C2H2F4/c1-3-7-12(8-4-1)14-11-15-13-9-5-2-6-10-13;2*3-1-2(4,5)6/h1-10H;2*1H2. The van der Waals surface area contributed by atoms with Crippen molar-refractivity contribution in [2.24, 2.45) is 9.98 Å². The van der Waals surface area contributed by atoms with Gasteiger partial charge in [-0.15, -0.1) is 0 Å². The van der Waals surface area contributed by atoms with E-state index in [9.17, 15) is 35.1 Å². The maximum absolute atomic E-state index is 10.4. The van der Waals surface area contributed by atoms with Crippen molar-refractivity contribution in [3.63, 3.8) is 0 Å². The molecule has 2 aromatic carbocycles. The van der Waals surface area contributed by atoms with Gasteiger partial charge in [-0.2, -0.15) is 36.3 Å². The highest BCUT2D eigenvalue weighted by atomic mass is 19.4. The second kappa shape index (κ2) is 12.6. The summed E-state index contributed by atoms with van der Waals surface area (Å²) in [5.41, 5.74) is 1.72. The van der Waals surface area contributed by atoms with Crippen LogP contribution in [0.3, 0.4) is 0 Å². The van der Waals surface area contributed by atoms with Gasteiger partial charge in [0.25, 0.3) is 0 Å². The topological polar surface area (TPSA) is 24.7 Å². The maximum Gasteiger partial charge on any atom is 0.416 e. The number of alkyl halides is 8. The SMILES string of the molecule is C(=Nc1ccccc1)=Nc1ccccc1.FCC(F)(F)F.FCC(F)(F)F. The number of nitrogens with zero attached hydrogens (tertiary/aromatic N) is 2. The van der Waals surface area contributed by atoms with Crippen LogP contribution in [-0.4, -0.2) is 31.7 Å². The summed E-state index contributed by atoms with van der Waals surface area (Å²) in [4.78, 5) is 8.17. The lowest BCUT2D eigenvalue weighted by Crippen LogP contribution is -2.08. The van der Waals surface area contributed by atoms with E-state index in [4.69, 9.17) is 0 Å². The van der Waals surface area contributed by atoms with E-state index in [2.05, 4.69) is 16.0 Å². The third kappa shape index (κ3) is 16.5. The fourth-order valence-electron chi connectivity index (χ4n) is 1.15. The van der Waals surface area contributed by atoms with Crippen molar-refractivity contribution in [2.75, 3.05) is 13.3 Å². The lowest BCUT2D eigenvalue weighted by molar-refractivity contribution is -0.142. The molecule has 0 saturated heterocycles. The molecule has 0 atom stereocenters. The predicted molar refractivity (Wildman–Crippen MR) is 86.1 cm³/mol. The van der Waals surface area contributed by atoms with Crippen LogP contribution in [0.2, 0.25) is 0 Å². The van der Waals surface area contributed by atoms with Gasteiger partial charge in [-0.05, 0) is 24.3 Å². The van der Waals surface area contributed by atoms with Gasteiger partial charge in [-0.3, -0.25) is 0 Å². The Morgan fingerprint density at radius 3 is 1.07 bits per heavy atom. The van der Waals surface area contributed by atoms with Crippen molar-refractivity contribution in [2.45, 2.75) is 12.4 Å². The van der Waals surface area contributed by atoms with E-state index in [0.717, 1.165) is 11.4 Å². The first-order valence-corrected chi connectivity index (χ1v) is 7.09. The molecule has 0 heterocycles. The summed E-state index contributed by atoms with van der Waals surface area (Å²) in [5, 5.41) is 0. The Hall–Kier alpha value is -2.74. The van der Waals surface area contributed by atoms with Gasteiger partial charge in [0.2, 0.25) is 0 Å². The molecule has 2 rings (SSSR count). The zero-order chi connectivity index (χ0) is 20.8. The summed E-state index contributed by atoms with van der Waals surface area (Å²) in [6.07, 6.45) is -9.25. The molecule has 2 aromatic rings. The molecule has 27 heavy (non-hydrogen) atoms. The fourth-order valence-corrected chi connectivity index (χ4v) is 1.15. The Bertz CT molecular complexity index is 618. The fraction of sp³-hybridized carbons (Fsp3) is 0.235. The van der Waals surface area contributed by atoms with Crippen molar-refractivity contribution in [3.05, 3.63) is 60.7 Å². The molecule has 0 amide bonds. The molecular formula is C17H14F8N2. The van der Waals surface area contributed by atoms with Gasteiger partial charge >= 0.3 is 12.4 Å². The van der Waals surface area contributed by atoms with E-state index in [1.54, 1.807) is 0 Å². The lowest BCUT2D eigenvalue weighted by atomic mass is 10.3. The van der Waals surface area contributed by atoms with E-state index in [1.165, 1.54) is 0 Å². The first-order chi connectivity index (χ1) is 12.6. The van der Waals surface area contributed by atoms with Crippen molar-refractivity contribution in [3.8, 4) is 0 Å². The summed E-state index contributed by atoms with van der Waals surface area (Å²) >= 11 is 0. The van der Waals surface area contributed by atoms with Gasteiger partial charge in [0, 0.05) is 0 Å². The van der Waals surface area contributed by atoms with Crippen molar-refractivity contribution < 1.29 is 35.1 Å². The van der Waals surface area contributed by atoms with Gasteiger partial charge in [0.05, 0.1) is 11.4 Å². The lowest BCUT2D eigenvalue weighted by Gasteiger charge is -1.93. The summed E-state index contributed by atoms with van der Waals surface area (Å²) in [6, 6.07) is 21.9. The summed E-state index contributed by atoms with van der Waals surface area (Å²) < 4.78 is 83.2. The minimum Gasteiger partial charge on any atom is -0.241 e. The molecule has 0 aromatic heterocycles. The maximum atomic E-state index is 10.4. The smallest absolute Gasteiger partial charge is 0.241 e. The molecular weight excluding hydrogens is 384 g/mol. The number of rotatable bonds is 2. The highest BCUT2D eigenvalue weighted by Gasteiger charge is 2.26. The Kier molecular flexibility index (Phi) is 11.3. The normalized spacial score (nSPS) is 10.4. The Balaban J connectivity index is 0.000000470. The number of benzene rings is 2. The van der Waals surface area contributed by atoms with Crippen molar-refractivity contribution >= 4 is 17.4 Å². The molecule has 0 unspecified atom stereocenters. The molecule has 0 bridgehead atoms. The molecule has 148 valence electrons. The molecule has 0 aliphatic heterocycles. The monoisotopic (exact) mass is 398 g/mol. The second-order valence-corrected chi connectivity index (χ2v) is 4.49. The average Bonchev–Trinajstić information content (AvgIpc) is 2.63. The van der Waals surface area contributed by atoms with Crippen LogP contribution in [0.25, 0.3) is 0 Å². The zero-order valence-corrected chi connectivity index (χ0v) is 13.6. The zero-order valence-electron chi connectivity index (χ0n) is 13.6. The molecule has 0 saturated carbocycles. The minimum atomic E-state index is -4.62. The van der Waals surface area contributed by atoms with E-state index < -0.39 is 25.7 Å².